The molecule has 0 spiro atoms. The average molecular weight is 137 g/mol. The zero-order valence-corrected chi connectivity index (χ0v) is 6.80. The Balaban J connectivity index is 2.61. The lowest BCUT2D eigenvalue weighted by atomic mass is 10.2. The maximum absolute atomic E-state index is 2.39. The van der Waals surface area contributed by atoms with Crippen molar-refractivity contribution in [2.75, 3.05) is 13.1 Å². The maximum Gasteiger partial charge on any atom is 0.0359 e. The van der Waals surface area contributed by atoms with Gasteiger partial charge < -0.3 is 4.90 Å². The van der Waals surface area contributed by atoms with Crippen molar-refractivity contribution in [2.24, 2.45) is 0 Å². The lowest BCUT2D eigenvalue weighted by Gasteiger charge is -2.25. The quantitative estimate of drug-likeness (QED) is 0.564. The van der Waals surface area contributed by atoms with Crippen LogP contribution >= 0.6 is 0 Å². The lowest BCUT2D eigenvalue weighted by Crippen LogP contribution is -2.23. The molecule has 56 valence electrons. The number of likely N-dealkylation sites (N-methyl/N-ethyl adjacent to an activating group) is 1. The molecule has 1 aliphatic rings. The minimum absolute atomic E-state index is 1.09. The Bertz CT molecular complexity index is 156. The Morgan fingerprint density at radius 2 is 2.30 bits per heavy atom. The van der Waals surface area contributed by atoms with Gasteiger partial charge in [0.1, 0.15) is 0 Å². The van der Waals surface area contributed by atoms with E-state index in [1.54, 1.807) is 0 Å². The maximum atomic E-state index is 2.39. The highest BCUT2D eigenvalue weighted by Crippen LogP contribution is 2.11. The van der Waals surface area contributed by atoms with Crippen molar-refractivity contribution in [2.45, 2.75) is 20.3 Å². The average Bonchev–Trinajstić information content (AvgIpc) is 2.04. The highest BCUT2D eigenvalue weighted by Gasteiger charge is 2.04. The summed E-state index contributed by atoms with van der Waals surface area (Å²) in [6.45, 7) is 6.62. The van der Waals surface area contributed by atoms with Crippen molar-refractivity contribution >= 4 is 0 Å². The number of rotatable bonds is 2. The first kappa shape index (κ1) is 7.39. The van der Waals surface area contributed by atoms with Gasteiger partial charge in [0.25, 0.3) is 0 Å². The van der Waals surface area contributed by atoms with Gasteiger partial charge in [0, 0.05) is 18.8 Å². The monoisotopic (exact) mass is 137 g/mol. The smallest absolute Gasteiger partial charge is 0.0359 e. The molecule has 0 radical (unpaired) electrons. The second kappa shape index (κ2) is 3.45. The van der Waals surface area contributed by atoms with Crippen LogP contribution in [0.5, 0.6) is 0 Å². The standard InChI is InChI=1S/C9H15N/c1-3-9-7-5-6-8-10(9)4-2/h5-7H,3-4,8H2,1-2H3. The van der Waals surface area contributed by atoms with Crippen molar-refractivity contribution in [3.05, 3.63) is 23.9 Å². The molecule has 0 saturated carbocycles. The summed E-state index contributed by atoms with van der Waals surface area (Å²) in [5.74, 6) is 0. The molecule has 1 heteroatoms. The molecule has 0 fully saturated rings. The fraction of sp³-hybridized carbons (Fsp3) is 0.556. The second-order valence-corrected chi connectivity index (χ2v) is 2.48. The summed E-state index contributed by atoms with van der Waals surface area (Å²) < 4.78 is 0. The van der Waals surface area contributed by atoms with Gasteiger partial charge in [0.15, 0.2) is 0 Å². The van der Waals surface area contributed by atoms with E-state index in [-0.39, 0.29) is 0 Å². The summed E-state index contributed by atoms with van der Waals surface area (Å²) in [5, 5.41) is 0. The molecule has 1 nitrogen and oxygen atoms in total. The first-order valence-electron chi connectivity index (χ1n) is 3.99. The van der Waals surface area contributed by atoms with Crippen LogP contribution < -0.4 is 0 Å². The summed E-state index contributed by atoms with van der Waals surface area (Å²) in [5.41, 5.74) is 1.46. The summed E-state index contributed by atoms with van der Waals surface area (Å²) in [6.07, 6.45) is 7.69. The van der Waals surface area contributed by atoms with Gasteiger partial charge in [-0.15, -0.1) is 0 Å². The Labute approximate surface area is 63.0 Å². The second-order valence-electron chi connectivity index (χ2n) is 2.48. The normalized spacial score (nSPS) is 17.4. The Kier molecular flexibility index (Phi) is 2.55. The van der Waals surface area contributed by atoms with Crippen molar-refractivity contribution in [3.63, 3.8) is 0 Å². The Hall–Kier alpha value is -0.720. The Morgan fingerprint density at radius 1 is 1.50 bits per heavy atom. The van der Waals surface area contributed by atoms with E-state index in [1.165, 1.54) is 5.70 Å². The topological polar surface area (TPSA) is 3.24 Å². The third-order valence-electron chi connectivity index (χ3n) is 1.90. The molecule has 0 bridgehead atoms. The molecule has 0 saturated heterocycles. The lowest BCUT2D eigenvalue weighted by molar-refractivity contribution is 0.385. The van der Waals surface area contributed by atoms with Gasteiger partial charge in [0.05, 0.1) is 0 Å². The van der Waals surface area contributed by atoms with Crippen LogP contribution in [0.15, 0.2) is 23.9 Å². The highest BCUT2D eigenvalue weighted by molar-refractivity contribution is 5.17. The fourth-order valence-corrected chi connectivity index (χ4v) is 1.26. The number of nitrogens with zero attached hydrogens (tertiary/aromatic N) is 1. The summed E-state index contributed by atoms with van der Waals surface area (Å²) in [6, 6.07) is 0. The van der Waals surface area contributed by atoms with E-state index in [4.69, 9.17) is 0 Å². The Morgan fingerprint density at radius 3 is 2.80 bits per heavy atom. The molecule has 1 aliphatic heterocycles. The minimum Gasteiger partial charge on any atom is -0.371 e. The van der Waals surface area contributed by atoms with Gasteiger partial charge in [-0.25, -0.2) is 0 Å². The SMILES string of the molecule is CCC1=CC=CCN1CC. The first-order chi connectivity index (χ1) is 4.88. The van der Waals surface area contributed by atoms with Crippen LogP contribution in [0, 0.1) is 0 Å². The molecule has 0 N–H and O–H groups in total. The fourth-order valence-electron chi connectivity index (χ4n) is 1.26. The van der Waals surface area contributed by atoms with E-state index in [0.29, 0.717) is 0 Å². The van der Waals surface area contributed by atoms with E-state index in [0.717, 1.165) is 19.5 Å². The molecule has 0 aromatic rings. The van der Waals surface area contributed by atoms with Gasteiger partial charge >= 0.3 is 0 Å². The molecule has 0 atom stereocenters. The molecule has 1 rings (SSSR count). The number of hydrogen-bond donors (Lipinski definition) is 0. The van der Waals surface area contributed by atoms with Gasteiger partial charge in [-0.3, -0.25) is 0 Å². The molecule has 0 amide bonds. The van der Waals surface area contributed by atoms with Crippen molar-refractivity contribution in [1.29, 1.82) is 0 Å². The predicted molar refractivity (Wildman–Crippen MR) is 44.8 cm³/mol. The van der Waals surface area contributed by atoms with E-state index in [1.807, 2.05) is 0 Å². The van der Waals surface area contributed by atoms with Crippen molar-refractivity contribution in [1.82, 2.24) is 4.90 Å². The van der Waals surface area contributed by atoms with E-state index in [2.05, 4.69) is 37.0 Å². The summed E-state index contributed by atoms with van der Waals surface area (Å²) >= 11 is 0. The van der Waals surface area contributed by atoms with E-state index < -0.39 is 0 Å². The molecular weight excluding hydrogens is 122 g/mol. The first-order valence-corrected chi connectivity index (χ1v) is 3.99. The zero-order valence-electron chi connectivity index (χ0n) is 6.80. The molecule has 0 aromatic carbocycles. The van der Waals surface area contributed by atoms with Crippen molar-refractivity contribution in [3.8, 4) is 0 Å². The highest BCUT2D eigenvalue weighted by atomic mass is 15.1. The van der Waals surface area contributed by atoms with Gasteiger partial charge in [0.2, 0.25) is 0 Å². The van der Waals surface area contributed by atoms with Crippen molar-refractivity contribution < 1.29 is 0 Å². The number of hydrogen-bond acceptors (Lipinski definition) is 1. The third kappa shape index (κ3) is 1.41. The van der Waals surface area contributed by atoms with Crippen LogP contribution in [0.3, 0.4) is 0 Å². The van der Waals surface area contributed by atoms with Gasteiger partial charge in [-0.1, -0.05) is 19.1 Å². The van der Waals surface area contributed by atoms with Crippen LogP contribution in [-0.4, -0.2) is 18.0 Å². The van der Waals surface area contributed by atoms with Gasteiger partial charge in [-0.05, 0) is 19.4 Å². The van der Waals surface area contributed by atoms with Crippen LogP contribution in [0.4, 0.5) is 0 Å². The molecule has 0 unspecified atom stereocenters. The van der Waals surface area contributed by atoms with E-state index >= 15 is 0 Å². The minimum atomic E-state index is 1.09. The molecule has 0 aliphatic carbocycles. The third-order valence-corrected chi connectivity index (χ3v) is 1.90. The van der Waals surface area contributed by atoms with Crippen LogP contribution in [0.2, 0.25) is 0 Å². The predicted octanol–water partition coefficient (Wildman–Crippen LogP) is 2.17. The molecule has 0 aromatic heterocycles. The largest absolute Gasteiger partial charge is 0.371 e. The van der Waals surface area contributed by atoms with Crippen LogP contribution in [0.1, 0.15) is 20.3 Å². The van der Waals surface area contributed by atoms with Gasteiger partial charge in [-0.2, -0.15) is 0 Å². The summed E-state index contributed by atoms with van der Waals surface area (Å²) in [4.78, 5) is 2.39. The summed E-state index contributed by atoms with van der Waals surface area (Å²) in [7, 11) is 0. The molecular formula is C9H15N. The van der Waals surface area contributed by atoms with Crippen LogP contribution in [-0.2, 0) is 0 Å². The molecule has 10 heavy (non-hydrogen) atoms. The van der Waals surface area contributed by atoms with Crippen LogP contribution in [0.25, 0.3) is 0 Å². The van der Waals surface area contributed by atoms with E-state index in [9.17, 15) is 0 Å². The number of allylic oxidation sites excluding steroid dienone is 3. The zero-order chi connectivity index (χ0) is 7.40. The molecule has 1 heterocycles.